The average Bonchev–Trinajstić information content (AvgIpc) is 2.65. The van der Waals surface area contributed by atoms with Gasteiger partial charge >= 0.3 is 0 Å². The number of fused-ring (bicyclic) bond motifs is 1. The molecule has 0 unspecified atom stereocenters. The molecule has 4 rings (SSSR count). The second kappa shape index (κ2) is 6.89. The molecule has 2 aliphatic rings. The highest BCUT2D eigenvalue weighted by Crippen LogP contribution is 2.45. The molecular weight excluding hydrogens is 310 g/mol. The number of likely N-dealkylation sites (tertiary alicyclic amines) is 1. The smallest absolute Gasteiger partial charge is 0.125 e. The van der Waals surface area contributed by atoms with Crippen molar-refractivity contribution in [3.05, 3.63) is 67.0 Å². The number of nitrogens with one attached hydrogen (secondary N) is 1. The van der Waals surface area contributed by atoms with E-state index in [4.69, 9.17) is 4.74 Å². The maximum Gasteiger partial charge on any atom is 0.125 e. The molecule has 4 nitrogen and oxygen atoms in total. The number of hydrogen-bond donors (Lipinski definition) is 1. The van der Waals surface area contributed by atoms with Gasteiger partial charge < -0.3 is 10.1 Å². The van der Waals surface area contributed by atoms with Gasteiger partial charge in [0.15, 0.2) is 0 Å². The van der Waals surface area contributed by atoms with Crippen LogP contribution < -0.4 is 10.1 Å². The predicted octanol–water partition coefficient (Wildman–Crippen LogP) is 4.04. The number of aromatic nitrogens is 1. The summed E-state index contributed by atoms with van der Waals surface area (Å²) in [7, 11) is 0. The van der Waals surface area contributed by atoms with Crippen LogP contribution in [0.5, 0.6) is 5.75 Å². The van der Waals surface area contributed by atoms with Crippen molar-refractivity contribution in [1.82, 2.24) is 9.88 Å². The molecule has 1 aromatic carbocycles. The Morgan fingerprint density at radius 3 is 2.84 bits per heavy atom. The van der Waals surface area contributed by atoms with Gasteiger partial charge in [-0.15, -0.1) is 6.58 Å². The average molecular weight is 335 g/mol. The standard InChI is InChI=1S/C21H25N3O/c1-2-12-24-13-9-21(10-14-24)15-19(23-17-6-5-11-22-16-17)18-7-3-4-8-20(18)25-21/h2-8,11,16,19,23H,1,9-10,12-15H2/t19-/m0/s1. The van der Waals surface area contributed by atoms with Gasteiger partial charge in [-0.2, -0.15) is 0 Å². The van der Waals surface area contributed by atoms with Gasteiger partial charge in [0, 0.05) is 44.0 Å². The van der Waals surface area contributed by atoms with Gasteiger partial charge in [0.2, 0.25) is 0 Å². The Labute approximate surface area is 149 Å². The molecule has 4 heteroatoms. The first-order valence-corrected chi connectivity index (χ1v) is 9.06. The van der Waals surface area contributed by atoms with Crippen molar-refractivity contribution in [2.75, 3.05) is 25.0 Å². The number of rotatable bonds is 4. The summed E-state index contributed by atoms with van der Waals surface area (Å²) in [6.45, 7) is 6.95. The van der Waals surface area contributed by atoms with Gasteiger partial charge in [0.25, 0.3) is 0 Å². The number of anilines is 1. The lowest BCUT2D eigenvalue weighted by Crippen LogP contribution is -2.51. The summed E-state index contributed by atoms with van der Waals surface area (Å²) in [5, 5.41) is 3.67. The van der Waals surface area contributed by atoms with E-state index in [1.807, 2.05) is 18.3 Å². The molecule has 0 radical (unpaired) electrons. The van der Waals surface area contributed by atoms with Crippen LogP contribution in [0.25, 0.3) is 0 Å². The molecule has 1 fully saturated rings. The topological polar surface area (TPSA) is 37.4 Å². The van der Waals surface area contributed by atoms with Crippen LogP contribution in [0.2, 0.25) is 0 Å². The zero-order chi connectivity index (χ0) is 17.1. The molecule has 2 aromatic rings. The van der Waals surface area contributed by atoms with E-state index in [0.29, 0.717) is 0 Å². The molecule has 130 valence electrons. The van der Waals surface area contributed by atoms with Gasteiger partial charge in [-0.1, -0.05) is 24.3 Å². The van der Waals surface area contributed by atoms with Crippen LogP contribution in [-0.4, -0.2) is 35.1 Å². The highest BCUT2D eigenvalue weighted by Gasteiger charge is 2.43. The van der Waals surface area contributed by atoms with Gasteiger partial charge in [0.05, 0.1) is 11.7 Å². The van der Waals surface area contributed by atoms with Gasteiger partial charge in [0.1, 0.15) is 11.4 Å². The Balaban J connectivity index is 1.58. The lowest BCUT2D eigenvalue weighted by atomic mass is 9.80. The fourth-order valence-electron chi connectivity index (χ4n) is 4.03. The number of benzene rings is 1. The van der Waals surface area contributed by atoms with Crippen molar-refractivity contribution in [2.24, 2.45) is 0 Å². The number of para-hydroxylation sites is 1. The number of pyridine rings is 1. The van der Waals surface area contributed by atoms with E-state index in [1.54, 1.807) is 6.20 Å². The monoisotopic (exact) mass is 335 g/mol. The molecule has 2 aliphatic heterocycles. The van der Waals surface area contributed by atoms with E-state index >= 15 is 0 Å². The summed E-state index contributed by atoms with van der Waals surface area (Å²) in [6, 6.07) is 12.7. The second-order valence-electron chi connectivity index (χ2n) is 7.05. The Morgan fingerprint density at radius 1 is 1.24 bits per heavy atom. The molecule has 1 saturated heterocycles. The predicted molar refractivity (Wildman–Crippen MR) is 101 cm³/mol. The second-order valence-corrected chi connectivity index (χ2v) is 7.05. The van der Waals surface area contributed by atoms with Crippen molar-refractivity contribution in [3.63, 3.8) is 0 Å². The summed E-state index contributed by atoms with van der Waals surface area (Å²) in [4.78, 5) is 6.68. The molecule has 1 aromatic heterocycles. The largest absolute Gasteiger partial charge is 0.487 e. The van der Waals surface area contributed by atoms with E-state index in [2.05, 4.69) is 52.1 Å². The maximum absolute atomic E-state index is 6.55. The quantitative estimate of drug-likeness (QED) is 0.856. The minimum atomic E-state index is -0.0775. The van der Waals surface area contributed by atoms with Crippen molar-refractivity contribution in [1.29, 1.82) is 0 Å². The van der Waals surface area contributed by atoms with Gasteiger partial charge in [-0.3, -0.25) is 9.88 Å². The molecule has 1 N–H and O–H groups in total. The normalized spacial score (nSPS) is 22.0. The molecular formula is C21H25N3O. The number of hydrogen-bond acceptors (Lipinski definition) is 4. The van der Waals surface area contributed by atoms with Crippen LogP contribution in [0.15, 0.2) is 61.4 Å². The third kappa shape index (κ3) is 3.40. The summed E-state index contributed by atoms with van der Waals surface area (Å²) >= 11 is 0. The van der Waals surface area contributed by atoms with Crippen molar-refractivity contribution >= 4 is 5.69 Å². The van der Waals surface area contributed by atoms with Crippen molar-refractivity contribution in [3.8, 4) is 5.75 Å². The third-order valence-electron chi connectivity index (χ3n) is 5.35. The number of nitrogens with zero attached hydrogens (tertiary/aromatic N) is 2. The molecule has 1 atom stereocenters. The number of ether oxygens (including phenoxy) is 1. The van der Waals surface area contributed by atoms with Crippen LogP contribution in [0, 0.1) is 0 Å². The Bertz CT molecular complexity index is 723. The first kappa shape index (κ1) is 16.2. The Kier molecular flexibility index (Phi) is 4.45. The van der Waals surface area contributed by atoms with Crippen LogP contribution in [0.3, 0.4) is 0 Å². The molecule has 0 saturated carbocycles. The van der Waals surface area contributed by atoms with Crippen LogP contribution in [0.4, 0.5) is 5.69 Å². The molecule has 0 bridgehead atoms. The van der Waals surface area contributed by atoms with Crippen LogP contribution >= 0.6 is 0 Å². The van der Waals surface area contributed by atoms with E-state index < -0.39 is 0 Å². The van der Waals surface area contributed by atoms with Crippen molar-refractivity contribution in [2.45, 2.75) is 30.9 Å². The number of piperidine rings is 1. The lowest BCUT2D eigenvalue weighted by Gasteiger charge is -2.47. The first-order valence-electron chi connectivity index (χ1n) is 9.06. The van der Waals surface area contributed by atoms with E-state index in [-0.39, 0.29) is 11.6 Å². The molecule has 25 heavy (non-hydrogen) atoms. The lowest BCUT2D eigenvalue weighted by molar-refractivity contribution is -0.0174. The minimum absolute atomic E-state index is 0.0775. The van der Waals surface area contributed by atoms with Crippen molar-refractivity contribution < 1.29 is 4.74 Å². The van der Waals surface area contributed by atoms with Crippen LogP contribution in [-0.2, 0) is 0 Å². The summed E-state index contributed by atoms with van der Waals surface area (Å²) < 4.78 is 6.55. The van der Waals surface area contributed by atoms with Gasteiger partial charge in [-0.05, 0) is 31.0 Å². The highest BCUT2D eigenvalue weighted by molar-refractivity contribution is 5.48. The summed E-state index contributed by atoms with van der Waals surface area (Å²) in [6.07, 6.45) is 8.78. The first-order chi connectivity index (χ1) is 12.3. The van der Waals surface area contributed by atoms with E-state index in [9.17, 15) is 0 Å². The third-order valence-corrected chi connectivity index (χ3v) is 5.35. The SMILES string of the molecule is C=CCN1CCC2(CC1)C[C@H](Nc1cccnc1)c1ccccc1O2. The summed E-state index contributed by atoms with van der Waals surface area (Å²) in [5.74, 6) is 1.02. The van der Waals surface area contributed by atoms with Gasteiger partial charge in [-0.25, -0.2) is 0 Å². The van der Waals surface area contributed by atoms with E-state index in [0.717, 1.165) is 50.3 Å². The Morgan fingerprint density at radius 2 is 2.08 bits per heavy atom. The maximum atomic E-state index is 6.55. The molecule has 1 spiro atoms. The molecule has 3 heterocycles. The minimum Gasteiger partial charge on any atom is -0.487 e. The highest BCUT2D eigenvalue weighted by atomic mass is 16.5. The zero-order valence-corrected chi connectivity index (χ0v) is 14.5. The fraction of sp³-hybridized carbons (Fsp3) is 0.381. The zero-order valence-electron chi connectivity index (χ0n) is 14.5. The fourth-order valence-corrected chi connectivity index (χ4v) is 4.03. The Hall–Kier alpha value is -2.33. The molecule has 0 amide bonds. The summed E-state index contributed by atoms with van der Waals surface area (Å²) in [5.41, 5.74) is 2.22. The van der Waals surface area contributed by atoms with E-state index in [1.165, 1.54) is 5.56 Å². The molecule has 0 aliphatic carbocycles. The van der Waals surface area contributed by atoms with Crippen LogP contribution in [0.1, 0.15) is 30.9 Å².